The van der Waals surface area contributed by atoms with Crippen molar-refractivity contribution < 1.29 is 9.53 Å². The average Bonchev–Trinajstić information content (AvgIpc) is 2.57. The number of ether oxygens (including phenoxy) is 1. The van der Waals surface area contributed by atoms with Gasteiger partial charge in [-0.15, -0.1) is 0 Å². The van der Waals surface area contributed by atoms with Crippen LogP contribution in [0.15, 0.2) is 53.6 Å². The maximum absolute atomic E-state index is 11.9. The number of hydrazone groups is 1. The first-order valence-electron chi connectivity index (χ1n) is 8.39. The molecule has 2 aromatic rings. The van der Waals surface area contributed by atoms with E-state index >= 15 is 0 Å². The highest BCUT2D eigenvalue weighted by molar-refractivity contribution is 5.99. The summed E-state index contributed by atoms with van der Waals surface area (Å²) in [7, 11) is 0. The molecule has 0 aromatic heterocycles. The van der Waals surface area contributed by atoms with Crippen LogP contribution in [0.25, 0.3) is 0 Å². The first-order chi connectivity index (χ1) is 11.8. The van der Waals surface area contributed by atoms with Crippen LogP contribution >= 0.6 is 0 Å². The summed E-state index contributed by atoms with van der Waals surface area (Å²) in [5, 5.41) is 4.15. The van der Waals surface area contributed by atoms with Crippen molar-refractivity contribution in [1.82, 2.24) is 5.43 Å². The van der Waals surface area contributed by atoms with Crippen LogP contribution in [0.1, 0.15) is 44.4 Å². The van der Waals surface area contributed by atoms with Gasteiger partial charge < -0.3 is 4.74 Å². The Kier molecular flexibility index (Phi) is 5.97. The summed E-state index contributed by atoms with van der Waals surface area (Å²) in [6.45, 7) is 10.3. The number of benzene rings is 2. The monoisotopic (exact) mass is 338 g/mol. The van der Waals surface area contributed by atoms with E-state index in [0.717, 1.165) is 16.8 Å². The van der Waals surface area contributed by atoms with Gasteiger partial charge in [-0.2, -0.15) is 5.10 Å². The molecule has 0 saturated carbocycles. The fraction of sp³-hybridized carbons (Fsp3) is 0.333. The molecular formula is C21H26N2O2. The quantitative estimate of drug-likeness (QED) is 0.656. The normalized spacial score (nSPS) is 12.0. The Morgan fingerprint density at radius 1 is 1.12 bits per heavy atom. The zero-order valence-electron chi connectivity index (χ0n) is 15.6. The summed E-state index contributed by atoms with van der Waals surface area (Å²) in [5.41, 5.74) is 6.74. The molecule has 0 aliphatic heterocycles. The van der Waals surface area contributed by atoms with Crippen molar-refractivity contribution in [2.45, 2.75) is 40.0 Å². The first-order valence-corrected chi connectivity index (χ1v) is 8.39. The van der Waals surface area contributed by atoms with E-state index in [1.54, 1.807) is 0 Å². The number of hydrogen-bond acceptors (Lipinski definition) is 3. The molecule has 0 aliphatic rings. The van der Waals surface area contributed by atoms with Crippen molar-refractivity contribution in [1.29, 1.82) is 0 Å². The maximum Gasteiger partial charge on any atom is 0.277 e. The van der Waals surface area contributed by atoms with Crippen LogP contribution < -0.4 is 10.2 Å². The van der Waals surface area contributed by atoms with Gasteiger partial charge in [-0.1, -0.05) is 57.2 Å². The SMILES string of the molecule is C/C(=N/NC(=O)COc1cccc(C)c1)c1ccc(C(C)(C)C)cc1. The van der Waals surface area contributed by atoms with E-state index in [2.05, 4.69) is 43.4 Å². The Morgan fingerprint density at radius 2 is 1.80 bits per heavy atom. The number of nitrogens with zero attached hydrogens (tertiary/aromatic N) is 1. The summed E-state index contributed by atoms with van der Waals surface area (Å²) in [5.74, 6) is 0.390. The van der Waals surface area contributed by atoms with E-state index in [4.69, 9.17) is 4.74 Å². The highest BCUT2D eigenvalue weighted by atomic mass is 16.5. The van der Waals surface area contributed by atoms with E-state index in [1.807, 2.05) is 50.2 Å². The Labute approximate surface area is 149 Å². The molecule has 4 heteroatoms. The molecular weight excluding hydrogens is 312 g/mol. The van der Waals surface area contributed by atoms with Crippen molar-refractivity contribution in [3.05, 3.63) is 65.2 Å². The number of aryl methyl sites for hydroxylation is 1. The molecule has 0 heterocycles. The minimum Gasteiger partial charge on any atom is -0.484 e. The Hall–Kier alpha value is -2.62. The van der Waals surface area contributed by atoms with Gasteiger partial charge in [0.15, 0.2) is 6.61 Å². The van der Waals surface area contributed by atoms with Crippen molar-refractivity contribution in [2.24, 2.45) is 5.10 Å². The lowest BCUT2D eigenvalue weighted by Crippen LogP contribution is -2.25. The lowest BCUT2D eigenvalue weighted by atomic mass is 9.86. The molecule has 2 rings (SSSR count). The molecule has 2 aromatic carbocycles. The number of hydrogen-bond donors (Lipinski definition) is 1. The molecule has 0 atom stereocenters. The van der Waals surface area contributed by atoms with Gasteiger partial charge in [0.2, 0.25) is 0 Å². The van der Waals surface area contributed by atoms with Gasteiger partial charge in [0.25, 0.3) is 5.91 Å². The predicted molar refractivity (Wildman–Crippen MR) is 102 cm³/mol. The minimum absolute atomic E-state index is 0.0663. The van der Waals surface area contributed by atoms with Crippen LogP contribution in [0.3, 0.4) is 0 Å². The van der Waals surface area contributed by atoms with Crippen LogP contribution in [-0.4, -0.2) is 18.2 Å². The number of rotatable bonds is 5. The largest absolute Gasteiger partial charge is 0.484 e. The number of nitrogens with one attached hydrogen (secondary N) is 1. The predicted octanol–water partition coefficient (Wildman–Crippen LogP) is 4.21. The summed E-state index contributed by atoms with van der Waals surface area (Å²) in [6.07, 6.45) is 0. The third-order valence-electron chi connectivity index (χ3n) is 3.88. The minimum atomic E-state index is -0.285. The van der Waals surface area contributed by atoms with Crippen LogP contribution in [0.5, 0.6) is 5.75 Å². The molecule has 0 fully saturated rings. The van der Waals surface area contributed by atoms with Crippen LogP contribution in [0.2, 0.25) is 0 Å². The Balaban J connectivity index is 1.90. The molecule has 1 N–H and O–H groups in total. The molecule has 0 spiro atoms. The highest BCUT2D eigenvalue weighted by Crippen LogP contribution is 2.22. The molecule has 0 unspecified atom stereocenters. The lowest BCUT2D eigenvalue weighted by Gasteiger charge is -2.19. The maximum atomic E-state index is 11.9. The topological polar surface area (TPSA) is 50.7 Å². The van der Waals surface area contributed by atoms with Gasteiger partial charge in [0.05, 0.1) is 5.71 Å². The van der Waals surface area contributed by atoms with Crippen molar-refractivity contribution in [2.75, 3.05) is 6.61 Å². The summed E-state index contributed by atoms with van der Waals surface area (Å²) >= 11 is 0. The number of carbonyl (C=O) groups excluding carboxylic acids is 1. The summed E-state index contributed by atoms with van der Waals surface area (Å²) < 4.78 is 5.46. The molecule has 25 heavy (non-hydrogen) atoms. The zero-order valence-corrected chi connectivity index (χ0v) is 15.6. The van der Waals surface area contributed by atoms with Crippen molar-refractivity contribution >= 4 is 11.6 Å². The van der Waals surface area contributed by atoms with Gasteiger partial charge in [-0.3, -0.25) is 4.79 Å². The molecule has 4 nitrogen and oxygen atoms in total. The van der Waals surface area contributed by atoms with Gasteiger partial charge >= 0.3 is 0 Å². The Bertz CT molecular complexity index is 756. The third-order valence-corrected chi connectivity index (χ3v) is 3.88. The van der Waals surface area contributed by atoms with E-state index in [1.165, 1.54) is 5.56 Å². The molecule has 0 aliphatic carbocycles. The lowest BCUT2D eigenvalue weighted by molar-refractivity contribution is -0.123. The second-order valence-electron chi connectivity index (χ2n) is 7.16. The van der Waals surface area contributed by atoms with Gasteiger partial charge in [-0.25, -0.2) is 5.43 Å². The smallest absolute Gasteiger partial charge is 0.277 e. The number of carbonyl (C=O) groups is 1. The van der Waals surface area contributed by atoms with E-state index in [0.29, 0.717) is 5.75 Å². The van der Waals surface area contributed by atoms with Crippen molar-refractivity contribution in [3.8, 4) is 5.75 Å². The van der Waals surface area contributed by atoms with Crippen LogP contribution in [-0.2, 0) is 10.2 Å². The Morgan fingerprint density at radius 3 is 2.40 bits per heavy atom. The second kappa shape index (κ2) is 7.97. The van der Waals surface area contributed by atoms with E-state index < -0.39 is 0 Å². The standard InChI is InChI=1S/C21H26N2O2/c1-15-7-6-8-19(13-15)25-14-20(24)23-22-16(2)17-9-11-18(12-10-17)21(3,4)5/h6-13H,14H2,1-5H3,(H,23,24)/b22-16-. The fourth-order valence-corrected chi connectivity index (χ4v) is 2.31. The average molecular weight is 338 g/mol. The van der Waals surface area contributed by atoms with Crippen molar-refractivity contribution in [3.63, 3.8) is 0 Å². The zero-order chi connectivity index (χ0) is 18.4. The third kappa shape index (κ3) is 5.75. The van der Waals surface area contributed by atoms with Gasteiger partial charge in [0, 0.05) is 0 Å². The first kappa shape index (κ1) is 18.7. The van der Waals surface area contributed by atoms with E-state index in [9.17, 15) is 4.79 Å². The molecule has 132 valence electrons. The second-order valence-corrected chi connectivity index (χ2v) is 7.16. The van der Waals surface area contributed by atoms with Crippen LogP contribution in [0.4, 0.5) is 0 Å². The highest BCUT2D eigenvalue weighted by Gasteiger charge is 2.13. The molecule has 0 radical (unpaired) electrons. The summed E-state index contributed by atoms with van der Waals surface area (Å²) in [6, 6.07) is 15.8. The molecule has 0 saturated heterocycles. The fourth-order valence-electron chi connectivity index (χ4n) is 2.31. The molecule has 1 amide bonds. The number of amides is 1. The van der Waals surface area contributed by atoms with Crippen LogP contribution in [0, 0.1) is 6.92 Å². The van der Waals surface area contributed by atoms with Gasteiger partial charge in [-0.05, 0) is 48.1 Å². The van der Waals surface area contributed by atoms with Gasteiger partial charge in [0.1, 0.15) is 5.75 Å². The van der Waals surface area contributed by atoms with E-state index in [-0.39, 0.29) is 17.9 Å². The molecule has 0 bridgehead atoms. The summed E-state index contributed by atoms with van der Waals surface area (Å²) in [4.78, 5) is 11.9.